The summed E-state index contributed by atoms with van der Waals surface area (Å²) in [6.07, 6.45) is 0.852. The molecule has 3 aromatic rings. The smallest absolute Gasteiger partial charge is 0.230 e. The molecule has 162 valence electrons. The number of thiazole rings is 1. The second kappa shape index (κ2) is 9.58. The Bertz CT molecular complexity index is 1050. The molecule has 5 nitrogen and oxygen atoms in total. The molecule has 0 N–H and O–H groups in total. The van der Waals surface area contributed by atoms with Gasteiger partial charge in [-0.2, -0.15) is 0 Å². The zero-order valence-corrected chi connectivity index (χ0v) is 18.7. The number of amides is 1. The predicted molar refractivity (Wildman–Crippen MR) is 125 cm³/mol. The lowest BCUT2D eigenvalue weighted by Gasteiger charge is -2.35. The number of benzene rings is 2. The summed E-state index contributed by atoms with van der Waals surface area (Å²) in [4.78, 5) is 23.4. The number of carbonyl (C=O) groups excluding carboxylic acids is 1. The van der Waals surface area contributed by atoms with Crippen molar-refractivity contribution in [1.82, 2.24) is 9.88 Å². The fourth-order valence-electron chi connectivity index (χ4n) is 3.99. The number of nitrogens with zero attached hydrogens (tertiary/aromatic N) is 4. The number of anilines is 3. The van der Waals surface area contributed by atoms with Gasteiger partial charge in [-0.25, -0.2) is 9.37 Å². The maximum atomic E-state index is 14.1. The maximum Gasteiger partial charge on any atom is 0.230 e. The SMILES string of the molecule is CCc1ccccc1N(C(C)=O)c1nc(CN2CCN(c3ccccc3F)CC2)cs1. The molecule has 0 atom stereocenters. The number of carbonyl (C=O) groups is 1. The van der Waals surface area contributed by atoms with E-state index in [1.807, 2.05) is 35.7 Å². The first kappa shape index (κ1) is 21.5. The summed E-state index contributed by atoms with van der Waals surface area (Å²) in [5, 5.41) is 2.73. The number of halogens is 1. The molecule has 0 radical (unpaired) electrons. The summed E-state index contributed by atoms with van der Waals surface area (Å²) in [5.74, 6) is -0.211. The maximum absolute atomic E-state index is 14.1. The topological polar surface area (TPSA) is 39.7 Å². The summed E-state index contributed by atoms with van der Waals surface area (Å²) < 4.78 is 14.1. The van der Waals surface area contributed by atoms with Crippen molar-refractivity contribution < 1.29 is 9.18 Å². The van der Waals surface area contributed by atoms with Crippen molar-refractivity contribution in [3.63, 3.8) is 0 Å². The molecule has 1 aromatic heterocycles. The number of para-hydroxylation sites is 2. The Morgan fingerprint density at radius 1 is 1.10 bits per heavy atom. The number of aryl methyl sites for hydroxylation is 1. The molecule has 7 heteroatoms. The third-order valence-corrected chi connectivity index (χ3v) is 6.48. The molecule has 1 amide bonds. The summed E-state index contributed by atoms with van der Waals surface area (Å²) in [6.45, 7) is 7.64. The van der Waals surface area contributed by atoms with Gasteiger partial charge in [0.25, 0.3) is 0 Å². The second-order valence-corrected chi connectivity index (χ2v) is 8.51. The molecule has 2 heterocycles. The van der Waals surface area contributed by atoms with E-state index in [0.717, 1.165) is 56.1 Å². The monoisotopic (exact) mass is 438 g/mol. The highest BCUT2D eigenvalue weighted by Crippen LogP contribution is 2.32. The van der Waals surface area contributed by atoms with E-state index in [4.69, 9.17) is 4.98 Å². The molecule has 1 saturated heterocycles. The van der Waals surface area contributed by atoms with Crippen LogP contribution in [0.3, 0.4) is 0 Å². The van der Waals surface area contributed by atoms with Crippen molar-refractivity contribution in [3.05, 3.63) is 71.0 Å². The molecule has 0 bridgehead atoms. The van der Waals surface area contributed by atoms with Crippen molar-refractivity contribution >= 4 is 33.8 Å². The van der Waals surface area contributed by atoms with Gasteiger partial charge in [0, 0.05) is 45.0 Å². The number of aromatic nitrogens is 1. The summed E-state index contributed by atoms with van der Waals surface area (Å²) in [6, 6.07) is 14.9. The Balaban J connectivity index is 1.43. The minimum absolute atomic E-state index is 0.0414. The van der Waals surface area contributed by atoms with Gasteiger partial charge >= 0.3 is 0 Å². The van der Waals surface area contributed by atoms with Gasteiger partial charge < -0.3 is 4.90 Å². The first-order chi connectivity index (χ1) is 15.1. The van der Waals surface area contributed by atoms with Gasteiger partial charge in [0.15, 0.2) is 5.13 Å². The first-order valence-corrected chi connectivity index (χ1v) is 11.5. The van der Waals surface area contributed by atoms with E-state index in [1.54, 1.807) is 17.9 Å². The molecule has 31 heavy (non-hydrogen) atoms. The van der Waals surface area contributed by atoms with E-state index in [-0.39, 0.29) is 11.7 Å². The van der Waals surface area contributed by atoms with E-state index in [0.29, 0.717) is 10.8 Å². The fraction of sp³-hybridized carbons (Fsp3) is 0.333. The van der Waals surface area contributed by atoms with Crippen LogP contribution in [0.4, 0.5) is 20.9 Å². The van der Waals surface area contributed by atoms with Crippen molar-refractivity contribution in [2.45, 2.75) is 26.8 Å². The van der Waals surface area contributed by atoms with Crippen molar-refractivity contribution in [2.75, 3.05) is 36.0 Å². The molecule has 0 aliphatic carbocycles. The van der Waals surface area contributed by atoms with Crippen LogP contribution in [0.2, 0.25) is 0 Å². The predicted octanol–water partition coefficient (Wildman–Crippen LogP) is 4.85. The lowest BCUT2D eigenvalue weighted by Crippen LogP contribution is -2.46. The van der Waals surface area contributed by atoms with Crippen LogP contribution in [-0.4, -0.2) is 42.0 Å². The first-order valence-electron chi connectivity index (χ1n) is 10.6. The molecule has 0 spiro atoms. The normalized spacial score (nSPS) is 14.6. The van der Waals surface area contributed by atoms with Gasteiger partial charge in [0.05, 0.1) is 17.1 Å². The lowest BCUT2D eigenvalue weighted by atomic mass is 10.1. The standard InChI is InChI=1S/C24H27FN4OS/c1-3-19-8-4-6-10-22(19)29(18(2)30)24-26-20(17-31-24)16-27-12-14-28(15-13-27)23-11-7-5-9-21(23)25/h4-11,17H,3,12-16H2,1-2H3. The summed E-state index contributed by atoms with van der Waals surface area (Å²) in [7, 11) is 0. The Hall–Kier alpha value is -2.77. The van der Waals surface area contributed by atoms with E-state index in [2.05, 4.69) is 22.8 Å². The lowest BCUT2D eigenvalue weighted by molar-refractivity contribution is -0.115. The number of rotatable bonds is 6. The fourth-order valence-corrected chi connectivity index (χ4v) is 4.86. The van der Waals surface area contributed by atoms with Crippen LogP contribution in [0.25, 0.3) is 0 Å². The van der Waals surface area contributed by atoms with Crippen molar-refractivity contribution in [3.8, 4) is 0 Å². The van der Waals surface area contributed by atoms with Crippen LogP contribution in [0.1, 0.15) is 25.1 Å². The summed E-state index contributed by atoms with van der Waals surface area (Å²) in [5.41, 5.74) is 3.65. The van der Waals surface area contributed by atoms with Gasteiger partial charge in [0.2, 0.25) is 5.91 Å². The molecule has 1 aliphatic heterocycles. The third kappa shape index (κ3) is 4.78. The molecular weight excluding hydrogens is 411 g/mol. The average Bonchev–Trinajstić information content (AvgIpc) is 3.23. The van der Waals surface area contributed by atoms with Crippen LogP contribution in [0, 0.1) is 5.82 Å². The van der Waals surface area contributed by atoms with Gasteiger partial charge in [-0.05, 0) is 30.2 Å². The van der Waals surface area contributed by atoms with Crippen LogP contribution < -0.4 is 9.80 Å². The largest absolute Gasteiger partial charge is 0.367 e. The van der Waals surface area contributed by atoms with Crippen LogP contribution in [-0.2, 0) is 17.8 Å². The van der Waals surface area contributed by atoms with Gasteiger partial charge in [-0.3, -0.25) is 14.6 Å². The Morgan fingerprint density at radius 2 is 1.81 bits per heavy atom. The molecular formula is C24H27FN4OS. The molecule has 1 fully saturated rings. The Kier molecular flexibility index (Phi) is 6.63. The molecule has 0 saturated carbocycles. The minimum Gasteiger partial charge on any atom is -0.367 e. The zero-order chi connectivity index (χ0) is 21.8. The van der Waals surface area contributed by atoms with E-state index in [9.17, 15) is 9.18 Å². The zero-order valence-electron chi connectivity index (χ0n) is 17.9. The third-order valence-electron chi connectivity index (χ3n) is 5.61. The number of hydrogen-bond acceptors (Lipinski definition) is 5. The van der Waals surface area contributed by atoms with E-state index in [1.165, 1.54) is 17.4 Å². The highest BCUT2D eigenvalue weighted by molar-refractivity contribution is 7.14. The Labute approximate surface area is 186 Å². The summed E-state index contributed by atoms with van der Waals surface area (Å²) >= 11 is 1.50. The van der Waals surface area contributed by atoms with Gasteiger partial charge in [-0.15, -0.1) is 11.3 Å². The van der Waals surface area contributed by atoms with E-state index >= 15 is 0 Å². The van der Waals surface area contributed by atoms with Crippen molar-refractivity contribution in [2.24, 2.45) is 0 Å². The van der Waals surface area contributed by atoms with Gasteiger partial charge in [-0.1, -0.05) is 37.3 Å². The quantitative estimate of drug-likeness (QED) is 0.552. The molecule has 0 unspecified atom stereocenters. The molecule has 4 rings (SSSR count). The average molecular weight is 439 g/mol. The molecule has 1 aliphatic rings. The van der Waals surface area contributed by atoms with E-state index < -0.39 is 0 Å². The van der Waals surface area contributed by atoms with Crippen LogP contribution in [0.5, 0.6) is 0 Å². The van der Waals surface area contributed by atoms with Crippen LogP contribution >= 0.6 is 11.3 Å². The number of hydrogen-bond donors (Lipinski definition) is 0. The van der Waals surface area contributed by atoms with Gasteiger partial charge in [0.1, 0.15) is 5.82 Å². The van der Waals surface area contributed by atoms with Crippen LogP contribution in [0.15, 0.2) is 53.9 Å². The second-order valence-electron chi connectivity index (χ2n) is 7.67. The highest BCUT2D eigenvalue weighted by atomic mass is 32.1. The Morgan fingerprint density at radius 3 is 2.52 bits per heavy atom. The highest BCUT2D eigenvalue weighted by Gasteiger charge is 2.23. The number of piperazine rings is 1. The minimum atomic E-state index is -0.170. The molecule has 2 aromatic carbocycles. The van der Waals surface area contributed by atoms with Crippen molar-refractivity contribution in [1.29, 1.82) is 0 Å².